The van der Waals surface area contributed by atoms with Crippen LogP contribution in [-0.4, -0.2) is 11.4 Å². The smallest absolute Gasteiger partial charge is 0.280 e. The highest BCUT2D eigenvalue weighted by Crippen LogP contribution is 2.47. The first-order valence-electron chi connectivity index (χ1n) is 5.58. The summed E-state index contributed by atoms with van der Waals surface area (Å²) in [7, 11) is 0. The monoisotopic (exact) mass is 286 g/mol. The number of benzene rings is 1. The van der Waals surface area contributed by atoms with Crippen LogP contribution in [0.2, 0.25) is 0 Å². The zero-order chi connectivity index (χ0) is 14.1. The second-order valence-electron chi connectivity index (χ2n) is 4.31. The van der Waals surface area contributed by atoms with Crippen LogP contribution in [0.25, 0.3) is 5.57 Å². The molecular weight excluding hydrogens is 277 g/mol. The first-order valence-corrected chi connectivity index (χ1v) is 5.96. The Kier molecular flexibility index (Phi) is 3.54. The molecule has 1 aliphatic rings. The minimum Gasteiger partial charge on any atom is -0.280 e. The van der Waals surface area contributed by atoms with Gasteiger partial charge in [-0.05, 0) is 29.2 Å². The first-order chi connectivity index (χ1) is 8.87. The number of hydrogen-bond acceptors (Lipinski definition) is 1. The van der Waals surface area contributed by atoms with Gasteiger partial charge in [0, 0.05) is 0 Å². The van der Waals surface area contributed by atoms with E-state index in [9.17, 15) is 18.0 Å². The van der Waals surface area contributed by atoms with Crippen LogP contribution in [0.4, 0.5) is 13.2 Å². The van der Waals surface area contributed by atoms with Crippen molar-refractivity contribution in [2.24, 2.45) is 5.41 Å². The lowest BCUT2D eigenvalue weighted by Crippen LogP contribution is -2.41. The van der Waals surface area contributed by atoms with Gasteiger partial charge < -0.3 is 0 Å². The van der Waals surface area contributed by atoms with Crippen LogP contribution in [0.3, 0.4) is 0 Å². The van der Waals surface area contributed by atoms with Gasteiger partial charge in [-0.2, -0.15) is 13.2 Å². The van der Waals surface area contributed by atoms with E-state index >= 15 is 0 Å². The van der Waals surface area contributed by atoms with E-state index < -0.39 is 23.3 Å². The summed E-state index contributed by atoms with van der Waals surface area (Å²) in [5, 5.41) is -1.40. The maximum atomic E-state index is 13.0. The van der Waals surface area contributed by atoms with Crippen molar-refractivity contribution >= 4 is 22.4 Å². The molecule has 2 rings (SSSR count). The Morgan fingerprint density at radius 3 is 2.26 bits per heavy atom. The molecule has 0 aromatic heterocycles. The molecule has 1 aromatic carbocycles. The summed E-state index contributed by atoms with van der Waals surface area (Å²) >= 11 is 5.15. The normalized spacial score (nSPS) is 23.1. The van der Waals surface area contributed by atoms with Crippen molar-refractivity contribution in [3.05, 3.63) is 54.1 Å². The van der Waals surface area contributed by atoms with Crippen molar-refractivity contribution in [1.82, 2.24) is 0 Å². The third-order valence-electron chi connectivity index (χ3n) is 3.16. The average molecular weight is 287 g/mol. The molecule has 0 spiro atoms. The summed E-state index contributed by atoms with van der Waals surface area (Å²) in [5.41, 5.74) is -1.15. The minimum absolute atomic E-state index is 0.473. The third-order valence-corrected chi connectivity index (χ3v) is 3.49. The van der Waals surface area contributed by atoms with Crippen LogP contribution in [0.15, 0.2) is 48.6 Å². The van der Waals surface area contributed by atoms with Crippen LogP contribution < -0.4 is 0 Å². The summed E-state index contributed by atoms with van der Waals surface area (Å²) < 4.78 is 39.0. The number of allylic oxidation sites excluding steroid dienone is 4. The first kappa shape index (κ1) is 13.9. The summed E-state index contributed by atoms with van der Waals surface area (Å²) in [5.74, 6) is 0. The fourth-order valence-electron chi connectivity index (χ4n) is 1.95. The highest BCUT2D eigenvalue weighted by Gasteiger charge is 2.57. The summed E-state index contributed by atoms with van der Waals surface area (Å²) in [6, 6.07) is 8.99. The summed E-state index contributed by atoms with van der Waals surface area (Å²) in [6.45, 7) is 0. The van der Waals surface area contributed by atoms with Crippen molar-refractivity contribution in [3.8, 4) is 0 Å². The van der Waals surface area contributed by atoms with E-state index in [1.54, 1.807) is 24.3 Å². The highest BCUT2D eigenvalue weighted by atomic mass is 35.5. The van der Waals surface area contributed by atoms with Crippen LogP contribution in [0.1, 0.15) is 12.0 Å². The van der Waals surface area contributed by atoms with E-state index in [0.717, 1.165) is 11.6 Å². The molecule has 0 fully saturated rings. The Hall–Kier alpha value is -1.55. The second-order valence-corrected chi connectivity index (χ2v) is 4.65. The van der Waals surface area contributed by atoms with E-state index in [1.165, 1.54) is 12.2 Å². The van der Waals surface area contributed by atoms with Crippen molar-refractivity contribution < 1.29 is 18.0 Å². The summed E-state index contributed by atoms with van der Waals surface area (Å²) in [4.78, 5) is 11.2. The van der Waals surface area contributed by atoms with Gasteiger partial charge >= 0.3 is 6.18 Å². The number of alkyl halides is 3. The molecule has 0 bridgehead atoms. The maximum absolute atomic E-state index is 13.0. The molecule has 0 radical (unpaired) electrons. The fraction of sp³-hybridized carbons (Fsp3) is 0.214. The SMILES string of the molecule is O=C(Cl)C1(C(F)(F)F)C=CC(c2ccccc2)=CC1. The molecule has 0 aliphatic heterocycles. The number of carbonyl (C=O) groups is 1. The van der Waals surface area contributed by atoms with E-state index in [0.29, 0.717) is 5.57 Å². The molecule has 1 nitrogen and oxygen atoms in total. The van der Waals surface area contributed by atoms with Crippen molar-refractivity contribution in [2.45, 2.75) is 12.6 Å². The van der Waals surface area contributed by atoms with Gasteiger partial charge in [0.05, 0.1) is 0 Å². The standard InChI is InChI=1S/C14H10ClF3O/c15-12(19)13(14(16,17)18)8-6-11(7-9-13)10-4-2-1-3-5-10/h1-8H,9H2. The predicted octanol–water partition coefficient (Wildman–Crippen LogP) is 4.34. The van der Waals surface area contributed by atoms with Gasteiger partial charge in [-0.1, -0.05) is 48.6 Å². The van der Waals surface area contributed by atoms with Gasteiger partial charge in [0.2, 0.25) is 5.24 Å². The fourth-order valence-corrected chi connectivity index (χ4v) is 2.20. The van der Waals surface area contributed by atoms with Crippen LogP contribution >= 0.6 is 11.6 Å². The van der Waals surface area contributed by atoms with Gasteiger partial charge in [0.15, 0.2) is 5.41 Å². The van der Waals surface area contributed by atoms with Gasteiger partial charge in [0.1, 0.15) is 0 Å². The van der Waals surface area contributed by atoms with Gasteiger partial charge in [0.25, 0.3) is 0 Å². The molecule has 0 amide bonds. The molecule has 100 valence electrons. The molecule has 1 aromatic rings. The second kappa shape index (κ2) is 4.85. The minimum atomic E-state index is -4.69. The molecule has 19 heavy (non-hydrogen) atoms. The van der Waals surface area contributed by atoms with Crippen LogP contribution in [0.5, 0.6) is 0 Å². The Morgan fingerprint density at radius 2 is 1.84 bits per heavy atom. The average Bonchev–Trinajstić information content (AvgIpc) is 2.38. The Bertz CT molecular complexity index is 546. The van der Waals surface area contributed by atoms with Gasteiger partial charge in [-0.15, -0.1) is 0 Å². The lowest BCUT2D eigenvalue weighted by molar-refractivity contribution is -0.200. The largest absolute Gasteiger partial charge is 0.406 e. The topological polar surface area (TPSA) is 17.1 Å². The number of carbonyl (C=O) groups excluding carboxylic acids is 1. The lowest BCUT2D eigenvalue weighted by Gasteiger charge is -2.30. The number of rotatable bonds is 2. The zero-order valence-corrected chi connectivity index (χ0v) is 10.5. The molecular formula is C14H10ClF3O. The van der Waals surface area contributed by atoms with Gasteiger partial charge in [-0.25, -0.2) is 0 Å². The van der Waals surface area contributed by atoms with E-state index in [2.05, 4.69) is 0 Å². The van der Waals surface area contributed by atoms with Crippen molar-refractivity contribution in [1.29, 1.82) is 0 Å². The molecule has 1 aliphatic carbocycles. The number of halogens is 4. The number of hydrogen-bond donors (Lipinski definition) is 0. The van der Waals surface area contributed by atoms with Crippen molar-refractivity contribution in [3.63, 3.8) is 0 Å². The van der Waals surface area contributed by atoms with E-state index in [4.69, 9.17) is 11.6 Å². The summed E-state index contributed by atoms with van der Waals surface area (Å²) in [6.07, 6.45) is -1.62. The molecule has 0 N–H and O–H groups in total. The third kappa shape index (κ3) is 2.45. The molecule has 5 heteroatoms. The molecule has 0 saturated carbocycles. The molecule has 1 atom stereocenters. The van der Waals surface area contributed by atoms with Gasteiger partial charge in [-0.3, -0.25) is 4.79 Å². The lowest BCUT2D eigenvalue weighted by atomic mass is 9.79. The van der Waals surface area contributed by atoms with E-state index in [1.807, 2.05) is 6.07 Å². The van der Waals surface area contributed by atoms with Crippen molar-refractivity contribution in [2.75, 3.05) is 0 Å². The van der Waals surface area contributed by atoms with Crippen LogP contribution in [-0.2, 0) is 4.79 Å². The quantitative estimate of drug-likeness (QED) is 0.739. The van der Waals surface area contributed by atoms with E-state index in [-0.39, 0.29) is 0 Å². The Balaban J connectivity index is 2.34. The Morgan fingerprint density at radius 1 is 1.21 bits per heavy atom. The Labute approximate surface area is 113 Å². The predicted molar refractivity (Wildman–Crippen MR) is 67.5 cm³/mol. The molecule has 0 saturated heterocycles. The molecule has 0 heterocycles. The molecule has 1 unspecified atom stereocenters. The van der Waals surface area contributed by atoms with Crippen LogP contribution in [0, 0.1) is 5.41 Å². The maximum Gasteiger partial charge on any atom is 0.406 e. The highest BCUT2D eigenvalue weighted by molar-refractivity contribution is 6.65. The zero-order valence-electron chi connectivity index (χ0n) is 9.75.